The molecule has 64 valence electrons. The monoisotopic (exact) mass is 175 g/mol. The van der Waals surface area contributed by atoms with Gasteiger partial charge in [0.15, 0.2) is 8.60 Å². The maximum atomic E-state index is 9.17. The van der Waals surface area contributed by atoms with E-state index in [1.165, 1.54) is 0 Å². The molecule has 0 spiro atoms. The molecule has 1 fully saturated rings. The van der Waals surface area contributed by atoms with Gasteiger partial charge in [0.25, 0.3) is 0 Å². The predicted molar refractivity (Wildman–Crippen MR) is 44.6 cm³/mol. The van der Waals surface area contributed by atoms with Crippen LogP contribution in [0, 0.1) is 0 Å². The Labute approximate surface area is 68.7 Å². The third kappa shape index (κ3) is 3.28. The molecule has 0 bridgehead atoms. The van der Waals surface area contributed by atoms with E-state index >= 15 is 0 Å². The van der Waals surface area contributed by atoms with Gasteiger partial charge in [-0.05, 0) is 25.7 Å². The molecule has 1 aliphatic carbocycles. The Kier molecular flexibility index (Phi) is 3.98. The second kappa shape index (κ2) is 4.81. The standard InChI is InChI=1S/C7H14NO2P/c1-8-11-10-7-4-2-6(9)3-5-7/h6-7,9H,2-5H2,1H3. The maximum absolute atomic E-state index is 9.17. The van der Waals surface area contributed by atoms with Crippen LogP contribution in [-0.2, 0) is 4.52 Å². The lowest BCUT2D eigenvalue weighted by molar-refractivity contribution is 0.0748. The van der Waals surface area contributed by atoms with Gasteiger partial charge in [-0.2, -0.15) is 0 Å². The third-order valence-corrected chi connectivity index (χ3v) is 2.48. The maximum Gasteiger partial charge on any atom is 0.172 e. The molecular formula is C7H14NO2P. The number of hydrogen-bond acceptors (Lipinski definition) is 3. The highest BCUT2D eigenvalue weighted by molar-refractivity contribution is 7.20. The molecule has 0 aliphatic heterocycles. The van der Waals surface area contributed by atoms with Crippen molar-refractivity contribution in [1.29, 1.82) is 0 Å². The summed E-state index contributed by atoms with van der Waals surface area (Å²) in [5.41, 5.74) is 0. The van der Waals surface area contributed by atoms with Crippen LogP contribution in [0.2, 0.25) is 0 Å². The fraction of sp³-hybridized carbons (Fsp3) is 1.00. The summed E-state index contributed by atoms with van der Waals surface area (Å²) in [5.74, 6) is 0. The Bertz CT molecular complexity index is 132. The van der Waals surface area contributed by atoms with Crippen molar-refractivity contribution in [1.82, 2.24) is 0 Å². The minimum absolute atomic E-state index is 0.0925. The number of aliphatic hydroxyl groups excluding tert-OH is 1. The fourth-order valence-corrected chi connectivity index (χ4v) is 1.70. The molecule has 0 aromatic carbocycles. The lowest BCUT2D eigenvalue weighted by Gasteiger charge is -2.23. The molecule has 1 aliphatic rings. The van der Waals surface area contributed by atoms with E-state index in [4.69, 9.17) is 4.52 Å². The molecule has 0 radical (unpaired) electrons. The van der Waals surface area contributed by atoms with Crippen LogP contribution < -0.4 is 0 Å². The molecule has 0 atom stereocenters. The van der Waals surface area contributed by atoms with Crippen molar-refractivity contribution in [2.45, 2.75) is 37.9 Å². The van der Waals surface area contributed by atoms with Crippen LogP contribution >= 0.6 is 8.60 Å². The molecule has 0 saturated heterocycles. The predicted octanol–water partition coefficient (Wildman–Crippen LogP) is 1.98. The molecule has 0 amide bonds. The summed E-state index contributed by atoms with van der Waals surface area (Å²) in [6.45, 7) is 0. The van der Waals surface area contributed by atoms with Crippen LogP contribution in [0.3, 0.4) is 0 Å². The molecular weight excluding hydrogens is 161 g/mol. The van der Waals surface area contributed by atoms with Crippen LogP contribution in [-0.4, -0.2) is 24.4 Å². The van der Waals surface area contributed by atoms with Crippen LogP contribution in [0.25, 0.3) is 0 Å². The van der Waals surface area contributed by atoms with Crippen LogP contribution in [0.4, 0.5) is 0 Å². The minimum Gasteiger partial charge on any atom is -0.393 e. The number of nitrogens with zero attached hydrogens (tertiary/aromatic N) is 1. The minimum atomic E-state index is -0.0925. The van der Waals surface area contributed by atoms with E-state index in [-0.39, 0.29) is 6.10 Å². The zero-order valence-corrected chi connectivity index (χ0v) is 7.63. The molecule has 0 unspecified atom stereocenters. The van der Waals surface area contributed by atoms with Gasteiger partial charge in [0.2, 0.25) is 0 Å². The molecule has 1 rings (SSSR count). The molecule has 0 heterocycles. The molecule has 11 heavy (non-hydrogen) atoms. The average molecular weight is 175 g/mol. The van der Waals surface area contributed by atoms with E-state index in [2.05, 4.69) is 4.74 Å². The van der Waals surface area contributed by atoms with E-state index in [9.17, 15) is 5.11 Å². The van der Waals surface area contributed by atoms with Gasteiger partial charge in [-0.25, -0.2) is 4.74 Å². The van der Waals surface area contributed by atoms with Crippen molar-refractivity contribution < 1.29 is 9.63 Å². The lowest BCUT2D eigenvalue weighted by Crippen LogP contribution is -2.21. The van der Waals surface area contributed by atoms with Gasteiger partial charge in [0.1, 0.15) is 0 Å². The van der Waals surface area contributed by atoms with Crippen molar-refractivity contribution in [3.63, 3.8) is 0 Å². The topological polar surface area (TPSA) is 41.8 Å². The second-order valence-electron chi connectivity index (χ2n) is 2.82. The molecule has 4 heteroatoms. The summed E-state index contributed by atoms with van der Waals surface area (Å²) in [6.07, 6.45) is 3.94. The highest BCUT2D eigenvalue weighted by Gasteiger charge is 2.19. The van der Waals surface area contributed by atoms with Crippen molar-refractivity contribution in [2.75, 3.05) is 7.05 Å². The number of aliphatic hydroxyl groups is 1. The SMILES string of the molecule is CN=POC1CCC(O)CC1. The first-order valence-corrected chi connectivity index (χ1v) is 4.72. The van der Waals surface area contributed by atoms with Crippen molar-refractivity contribution in [3.05, 3.63) is 0 Å². The van der Waals surface area contributed by atoms with Crippen LogP contribution in [0.5, 0.6) is 0 Å². The van der Waals surface area contributed by atoms with Gasteiger partial charge < -0.3 is 9.63 Å². The molecule has 0 aromatic rings. The van der Waals surface area contributed by atoms with E-state index in [0.29, 0.717) is 6.10 Å². The van der Waals surface area contributed by atoms with Crippen molar-refractivity contribution in [3.8, 4) is 0 Å². The summed E-state index contributed by atoms with van der Waals surface area (Å²) < 4.78 is 9.21. The molecule has 3 nitrogen and oxygen atoms in total. The Morgan fingerprint density at radius 1 is 1.36 bits per heavy atom. The summed E-state index contributed by atoms with van der Waals surface area (Å²) in [4.78, 5) is 0. The van der Waals surface area contributed by atoms with Crippen LogP contribution in [0.15, 0.2) is 4.74 Å². The van der Waals surface area contributed by atoms with E-state index in [1.807, 2.05) is 0 Å². The average Bonchev–Trinajstić information content (AvgIpc) is 2.04. The number of rotatable bonds is 2. The normalized spacial score (nSPS) is 32.9. The van der Waals surface area contributed by atoms with Gasteiger partial charge in [0.05, 0.1) is 12.2 Å². The zero-order chi connectivity index (χ0) is 8.10. The first kappa shape index (κ1) is 9.11. The third-order valence-electron chi connectivity index (χ3n) is 1.92. The highest BCUT2D eigenvalue weighted by atomic mass is 31.1. The van der Waals surface area contributed by atoms with Gasteiger partial charge >= 0.3 is 0 Å². The highest BCUT2D eigenvalue weighted by Crippen LogP contribution is 2.24. The van der Waals surface area contributed by atoms with Crippen molar-refractivity contribution >= 4 is 8.60 Å². The molecule has 1 N–H and O–H groups in total. The van der Waals surface area contributed by atoms with E-state index in [1.54, 1.807) is 7.05 Å². The quantitative estimate of drug-likeness (QED) is 0.652. The zero-order valence-electron chi connectivity index (χ0n) is 6.73. The first-order valence-electron chi connectivity index (χ1n) is 3.96. The van der Waals surface area contributed by atoms with Crippen molar-refractivity contribution in [2.24, 2.45) is 4.74 Å². The summed E-state index contributed by atoms with van der Waals surface area (Å²) >= 11 is 0. The van der Waals surface area contributed by atoms with Gasteiger partial charge in [0, 0.05) is 7.05 Å². The van der Waals surface area contributed by atoms with Gasteiger partial charge in [-0.3, -0.25) is 0 Å². The Morgan fingerprint density at radius 2 is 2.00 bits per heavy atom. The number of hydrogen-bond donors (Lipinski definition) is 1. The molecule has 1 saturated carbocycles. The summed E-state index contributed by atoms with van der Waals surface area (Å²) in [6, 6.07) is 0. The Hall–Kier alpha value is 0.0200. The smallest absolute Gasteiger partial charge is 0.172 e. The molecule has 0 aromatic heterocycles. The van der Waals surface area contributed by atoms with Gasteiger partial charge in [-0.1, -0.05) is 0 Å². The first-order chi connectivity index (χ1) is 5.33. The Balaban J connectivity index is 2.17. The Morgan fingerprint density at radius 3 is 2.55 bits per heavy atom. The lowest BCUT2D eigenvalue weighted by atomic mass is 9.95. The summed E-state index contributed by atoms with van der Waals surface area (Å²) in [7, 11) is 2.46. The largest absolute Gasteiger partial charge is 0.393 e. The fourth-order valence-electron chi connectivity index (χ4n) is 1.26. The van der Waals surface area contributed by atoms with Gasteiger partial charge in [-0.15, -0.1) is 0 Å². The van der Waals surface area contributed by atoms with E-state index < -0.39 is 0 Å². The summed E-state index contributed by atoms with van der Waals surface area (Å²) in [5, 5.41) is 9.17. The van der Waals surface area contributed by atoms with E-state index in [0.717, 1.165) is 34.3 Å². The second-order valence-corrected chi connectivity index (χ2v) is 3.59. The van der Waals surface area contributed by atoms with Crippen LogP contribution in [0.1, 0.15) is 25.7 Å².